The average Bonchev–Trinajstić information content (AvgIpc) is 0.709. The zero-order valence-corrected chi connectivity index (χ0v) is 53.9. The van der Waals surface area contributed by atoms with Crippen LogP contribution in [0.1, 0.15) is 102 Å². The van der Waals surface area contributed by atoms with Crippen molar-refractivity contribution < 1.29 is 116 Å². The summed E-state index contributed by atoms with van der Waals surface area (Å²) in [6.45, 7) is 6.64. The summed E-state index contributed by atoms with van der Waals surface area (Å²) in [6, 6.07) is 64.1. The average molecular weight is 1290 g/mol. The van der Waals surface area contributed by atoms with Gasteiger partial charge in [0.05, 0.1) is 11.1 Å². The van der Waals surface area contributed by atoms with Gasteiger partial charge >= 0.3 is 63.9 Å². The fourth-order valence-corrected chi connectivity index (χ4v) is 10.9. The first kappa shape index (κ1) is 72.6. The second-order valence-electron chi connectivity index (χ2n) is 21.6. The summed E-state index contributed by atoms with van der Waals surface area (Å²) in [5.41, 5.74) is 2.45. The SMILES string of the molecule is CC(C)(C)OC(=O)COc1ccc(C(c2ccccc2)(c2ccccc2)S(=O)(=O)C(F)(F)COC(=O)c2ccccc2)cc1.CC(C)(C)OC(=O)COc1ccc(C(c2ccccc2)c2ccccc2)cc1.O=C(OCC(F)(F)S(=O)(=O)[O-])c1ccccc1.[Na+]. The Kier molecular flexibility index (Phi) is 25.8. The number of sulfone groups is 1. The van der Waals surface area contributed by atoms with Crippen molar-refractivity contribution in [1.82, 2.24) is 0 Å². The van der Waals surface area contributed by atoms with Gasteiger partial charge in [-0.1, -0.05) is 182 Å². The number of alkyl halides is 4. The summed E-state index contributed by atoms with van der Waals surface area (Å²) in [7, 11) is -11.4. The first-order chi connectivity index (χ1) is 41.9. The van der Waals surface area contributed by atoms with Crippen LogP contribution in [0, 0.1) is 0 Å². The molecule has 0 saturated heterocycles. The molecule has 0 unspecified atom stereocenters. The molecule has 0 aromatic heterocycles. The van der Waals surface area contributed by atoms with E-state index in [0.29, 0.717) is 5.75 Å². The molecule has 0 aliphatic carbocycles. The van der Waals surface area contributed by atoms with Gasteiger partial charge in [0.15, 0.2) is 41.3 Å². The van der Waals surface area contributed by atoms with Crippen molar-refractivity contribution in [3.05, 3.63) is 275 Å². The van der Waals surface area contributed by atoms with Crippen molar-refractivity contribution in [3.63, 3.8) is 0 Å². The molecule has 0 N–H and O–H groups in total. The van der Waals surface area contributed by atoms with E-state index in [2.05, 4.69) is 65.4 Å². The van der Waals surface area contributed by atoms with Crippen molar-refractivity contribution in [3.8, 4) is 11.5 Å². The van der Waals surface area contributed by atoms with E-state index in [0.717, 1.165) is 0 Å². The third-order valence-electron chi connectivity index (χ3n) is 12.6. The van der Waals surface area contributed by atoms with Crippen molar-refractivity contribution >= 4 is 43.8 Å². The van der Waals surface area contributed by atoms with Crippen molar-refractivity contribution in [2.75, 3.05) is 26.4 Å². The zero-order chi connectivity index (χ0) is 65.1. The predicted octanol–water partition coefficient (Wildman–Crippen LogP) is 10.1. The molecule has 0 bridgehead atoms. The Morgan fingerprint density at radius 1 is 0.411 bits per heavy atom. The largest absolute Gasteiger partial charge is 1.00 e. The summed E-state index contributed by atoms with van der Waals surface area (Å²) >= 11 is 0. The van der Waals surface area contributed by atoms with Gasteiger partial charge in [0, 0.05) is 5.92 Å². The summed E-state index contributed by atoms with van der Waals surface area (Å²) in [4.78, 5) is 47.6. The molecule has 8 aromatic rings. The first-order valence-electron chi connectivity index (χ1n) is 27.4. The summed E-state index contributed by atoms with van der Waals surface area (Å²) < 4.78 is 145. The molecule has 0 fully saturated rings. The molecule has 0 aliphatic heterocycles. The molecular weight excluding hydrogens is 1220 g/mol. The van der Waals surface area contributed by atoms with E-state index in [4.69, 9.17) is 23.7 Å². The minimum atomic E-state index is -5.84. The van der Waals surface area contributed by atoms with Gasteiger partial charge in [0.25, 0.3) is 0 Å². The molecule has 15 nitrogen and oxygen atoms in total. The number of esters is 4. The molecule has 8 aromatic carbocycles. The minimum Gasteiger partial charge on any atom is -0.743 e. The molecule has 0 amide bonds. The predicted molar refractivity (Wildman–Crippen MR) is 324 cm³/mol. The number of hydrogen-bond acceptors (Lipinski definition) is 15. The van der Waals surface area contributed by atoms with E-state index in [-0.39, 0.29) is 81.6 Å². The Morgan fingerprint density at radius 2 is 0.700 bits per heavy atom. The summed E-state index contributed by atoms with van der Waals surface area (Å²) in [6.07, 6.45) is 0. The number of carbonyl (C=O) groups is 4. The number of benzene rings is 8. The van der Waals surface area contributed by atoms with Gasteiger partial charge < -0.3 is 33.0 Å². The third-order valence-corrected chi connectivity index (χ3v) is 15.8. The Bertz CT molecular complexity index is 3730. The maximum Gasteiger partial charge on any atom is 1.00 e. The Balaban J connectivity index is 0.000000272. The number of halogens is 4. The minimum absolute atomic E-state index is 0. The molecule has 0 heterocycles. The van der Waals surface area contributed by atoms with Gasteiger partial charge in [0.1, 0.15) is 22.7 Å². The number of rotatable bonds is 21. The van der Waals surface area contributed by atoms with E-state index in [9.17, 15) is 49.3 Å². The molecule has 8 rings (SSSR count). The van der Waals surface area contributed by atoms with Crippen LogP contribution < -0.4 is 39.0 Å². The van der Waals surface area contributed by atoms with Crippen LogP contribution in [0.2, 0.25) is 0 Å². The van der Waals surface area contributed by atoms with Gasteiger partial charge in [0.2, 0.25) is 9.84 Å². The second kappa shape index (κ2) is 32.0. The van der Waals surface area contributed by atoms with Crippen LogP contribution in [0.5, 0.6) is 11.5 Å². The van der Waals surface area contributed by atoms with Gasteiger partial charge in [-0.2, -0.15) is 17.6 Å². The van der Waals surface area contributed by atoms with Crippen LogP contribution in [0.4, 0.5) is 17.6 Å². The van der Waals surface area contributed by atoms with Crippen LogP contribution in [-0.2, 0) is 53.2 Å². The van der Waals surface area contributed by atoms with E-state index in [1.807, 2.05) is 45.0 Å². The Morgan fingerprint density at radius 3 is 1.03 bits per heavy atom. The normalized spacial score (nSPS) is 11.8. The molecular formula is C68H65F4NaO15S2. The maximum atomic E-state index is 16.1. The van der Waals surface area contributed by atoms with Crippen LogP contribution in [0.25, 0.3) is 0 Å². The number of ether oxygens (including phenoxy) is 6. The van der Waals surface area contributed by atoms with Gasteiger partial charge in [-0.05, 0) is 123 Å². The Labute approximate surface area is 543 Å². The van der Waals surface area contributed by atoms with Gasteiger partial charge in [-0.15, -0.1) is 0 Å². The van der Waals surface area contributed by atoms with Crippen LogP contribution >= 0.6 is 0 Å². The third kappa shape index (κ3) is 20.2. The smallest absolute Gasteiger partial charge is 0.743 e. The zero-order valence-electron chi connectivity index (χ0n) is 50.3. The fourth-order valence-electron chi connectivity index (χ4n) is 8.74. The topological polar surface area (TPSA) is 215 Å². The van der Waals surface area contributed by atoms with E-state index in [1.165, 1.54) is 114 Å². The molecule has 90 heavy (non-hydrogen) atoms. The molecule has 22 heteroatoms. The maximum absolute atomic E-state index is 16.1. The summed E-state index contributed by atoms with van der Waals surface area (Å²) in [5.74, 6) is -2.22. The van der Waals surface area contributed by atoms with Crippen molar-refractivity contribution in [2.45, 2.75) is 73.9 Å². The van der Waals surface area contributed by atoms with Crippen LogP contribution in [0.15, 0.2) is 231 Å². The van der Waals surface area contributed by atoms with Crippen molar-refractivity contribution in [1.29, 1.82) is 0 Å². The van der Waals surface area contributed by atoms with Crippen LogP contribution in [-0.4, -0.2) is 93.4 Å². The van der Waals surface area contributed by atoms with Crippen molar-refractivity contribution in [2.24, 2.45) is 0 Å². The fraction of sp³-hybridized carbons (Fsp3) is 0.235. The molecule has 0 spiro atoms. The molecule has 468 valence electrons. The monoisotopic (exact) mass is 1280 g/mol. The second-order valence-corrected chi connectivity index (χ2v) is 25.3. The van der Waals surface area contributed by atoms with E-state index < -0.39 is 84.1 Å². The van der Waals surface area contributed by atoms with Gasteiger partial charge in [-0.3, -0.25) is 0 Å². The van der Waals surface area contributed by atoms with Crippen LogP contribution in [0.3, 0.4) is 0 Å². The summed E-state index contributed by atoms with van der Waals surface area (Å²) in [5, 5.41) is -9.16. The molecule has 0 aliphatic rings. The molecule has 0 radical (unpaired) electrons. The molecule has 0 saturated carbocycles. The number of hydrogen-bond donors (Lipinski definition) is 0. The van der Waals surface area contributed by atoms with Gasteiger partial charge in [-0.25, -0.2) is 36.0 Å². The quantitative estimate of drug-likeness (QED) is 0.0163. The molecule has 0 atom stereocenters. The van der Waals surface area contributed by atoms with E-state index in [1.54, 1.807) is 69.3 Å². The number of carbonyl (C=O) groups excluding carboxylic acids is 4. The van der Waals surface area contributed by atoms with E-state index >= 15 is 8.78 Å². The Hall–Kier alpha value is -8.18. The first-order valence-corrected chi connectivity index (χ1v) is 30.3. The standard InChI is InChI=1S/C34H32F2O7S.C25H26O3.C9H8F2O5S.Na/c1-32(2,3)43-30(37)23-41-29-21-19-28(20-22-29)34(26-15-9-5-10-16-26,27-17-11-6-12-18-27)44(39,40)33(35,36)24-42-31(38)25-13-7-4-8-14-25;1-25(2,3)28-23(26)18-27-22-16-14-21(15-17-22)24(19-10-6-4-7-11-19)20-12-8-5-9-13-20;10-9(11,17(13,14)15)6-16-8(12)7-4-2-1-3-5-7;/h4-22H,23-24H2,1-3H3;4-17,24H,18H2,1-3H3;1-5H,6H2,(H,13,14,15);/q;;;+1/p-1.